The number of fused-ring (bicyclic) bond motifs is 1. The highest BCUT2D eigenvalue weighted by molar-refractivity contribution is 9.11. The van der Waals surface area contributed by atoms with Crippen molar-refractivity contribution in [1.29, 1.82) is 0 Å². The molecule has 2 heterocycles. The van der Waals surface area contributed by atoms with Gasteiger partial charge in [0.05, 0.1) is 9.98 Å². The van der Waals surface area contributed by atoms with E-state index in [9.17, 15) is 0 Å². The second kappa shape index (κ2) is 5.77. The van der Waals surface area contributed by atoms with Crippen LogP contribution in [-0.2, 0) is 19.5 Å². The van der Waals surface area contributed by atoms with Gasteiger partial charge in [0.2, 0.25) is 0 Å². The Morgan fingerprint density at radius 3 is 3.16 bits per heavy atom. The predicted molar refractivity (Wildman–Crippen MR) is 82.4 cm³/mol. The summed E-state index contributed by atoms with van der Waals surface area (Å²) in [6, 6.07) is 4.76. The fraction of sp³-hybridized carbons (Fsp3) is 0.500. The molecule has 0 saturated heterocycles. The van der Waals surface area contributed by atoms with Crippen LogP contribution in [-0.4, -0.2) is 9.78 Å². The number of rotatable bonds is 4. The van der Waals surface area contributed by atoms with E-state index in [1.807, 2.05) is 0 Å². The van der Waals surface area contributed by atoms with Crippen molar-refractivity contribution in [3.05, 3.63) is 38.3 Å². The first-order chi connectivity index (χ1) is 9.28. The second-order valence-electron chi connectivity index (χ2n) is 4.89. The predicted octanol–water partition coefficient (Wildman–Crippen LogP) is 3.89. The van der Waals surface area contributed by atoms with Gasteiger partial charge in [0.25, 0.3) is 0 Å². The summed E-state index contributed by atoms with van der Waals surface area (Å²) < 4.78 is 3.35. The summed E-state index contributed by atoms with van der Waals surface area (Å²) in [5.74, 6) is 0. The van der Waals surface area contributed by atoms with E-state index >= 15 is 0 Å². The van der Waals surface area contributed by atoms with E-state index in [1.165, 1.54) is 39.2 Å². The van der Waals surface area contributed by atoms with Gasteiger partial charge >= 0.3 is 0 Å². The SMILES string of the molecule is CCn1ncc2c1CCC[C@@H]2NCc1ccc(Br)s1. The Morgan fingerprint density at radius 2 is 2.42 bits per heavy atom. The van der Waals surface area contributed by atoms with Gasteiger partial charge in [-0.15, -0.1) is 11.3 Å². The Balaban J connectivity index is 1.71. The van der Waals surface area contributed by atoms with Gasteiger partial charge in [-0.3, -0.25) is 4.68 Å². The molecular weight excluding hydrogens is 322 g/mol. The lowest BCUT2D eigenvalue weighted by molar-refractivity contribution is 0.449. The normalized spacial score (nSPS) is 18.5. The van der Waals surface area contributed by atoms with E-state index in [0.717, 1.165) is 13.1 Å². The third-order valence-corrected chi connectivity index (χ3v) is 5.34. The molecule has 1 aliphatic rings. The molecule has 3 rings (SSSR count). The van der Waals surface area contributed by atoms with Crippen molar-refractivity contribution in [3.8, 4) is 0 Å². The quantitative estimate of drug-likeness (QED) is 0.915. The molecule has 0 saturated carbocycles. The number of aromatic nitrogens is 2. The van der Waals surface area contributed by atoms with Crippen LogP contribution in [0.1, 0.15) is 41.9 Å². The molecule has 3 nitrogen and oxygen atoms in total. The lowest BCUT2D eigenvalue weighted by Gasteiger charge is -2.24. The van der Waals surface area contributed by atoms with Crippen molar-refractivity contribution < 1.29 is 0 Å². The molecule has 1 aliphatic carbocycles. The van der Waals surface area contributed by atoms with Crippen LogP contribution in [0.25, 0.3) is 0 Å². The first kappa shape index (κ1) is 13.3. The molecule has 1 atom stereocenters. The minimum absolute atomic E-state index is 0.463. The Labute approximate surface area is 126 Å². The molecule has 0 radical (unpaired) electrons. The molecule has 102 valence electrons. The van der Waals surface area contributed by atoms with Crippen molar-refractivity contribution in [3.63, 3.8) is 0 Å². The van der Waals surface area contributed by atoms with E-state index in [4.69, 9.17) is 0 Å². The molecule has 0 bridgehead atoms. The molecule has 0 aromatic carbocycles. The lowest BCUT2D eigenvalue weighted by atomic mass is 9.93. The average Bonchev–Trinajstić information content (AvgIpc) is 3.02. The maximum atomic E-state index is 4.50. The monoisotopic (exact) mass is 339 g/mol. The average molecular weight is 340 g/mol. The molecule has 19 heavy (non-hydrogen) atoms. The second-order valence-corrected chi connectivity index (χ2v) is 7.44. The van der Waals surface area contributed by atoms with Gasteiger partial charge in [0.1, 0.15) is 0 Å². The van der Waals surface area contributed by atoms with Gasteiger partial charge in [-0.25, -0.2) is 0 Å². The van der Waals surface area contributed by atoms with Gasteiger partial charge in [-0.2, -0.15) is 5.10 Å². The fourth-order valence-corrected chi connectivity index (χ4v) is 4.21. The topological polar surface area (TPSA) is 29.9 Å². The summed E-state index contributed by atoms with van der Waals surface area (Å²) in [5.41, 5.74) is 2.84. The third-order valence-electron chi connectivity index (χ3n) is 3.71. The summed E-state index contributed by atoms with van der Waals surface area (Å²) >= 11 is 5.31. The molecule has 2 aromatic heterocycles. The van der Waals surface area contributed by atoms with Crippen LogP contribution >= 0.6 is 27.3 Å². The molecule has 0 unspecified atom stereocenters. The first-order valence-corrected chi connectivity index (χ1v) is 8.41. The number of halogens is 1. The Hall–Kier alpha value is -0.650. The third kappa shape index (κ3) is 2.78. The van der Waals surface area contributed by atoms with Crippen LogP contribution < -0.4 is 5.32 Å². The molecule has 0 aliphatic heterocycles. The van der Waals surface area contributed by atoms with E-state index in [0.29, 0.717) is 6.04 Å². The van der Waals surface area contributed by atoms with E-state index in [-0.39, 0.29) is 0 Å². The lowest BCUT2D eigenvalue weighted by Crippen LogP contribution is -2.24. The van der Waals surface area contributed by atoms with Crippen LogP contribution in [0.15, 0.2) is 22.1 Å². The summed E-state index contributed by atoms with van der Waals surface area (Å²) in [6.07, 6.45) is 5.70. The van der Waals surface area contributed by atoms with Gasteiger partial charge in [-0.1, -0.05) is 0 Å². The number of thiophene rings is 1. The smallest absolute Gasteiger partial charge is 0.0701 e. The van der Waals surface area contributed by atoms with Crippen molar-refractivity contribution in [2.45, 2.75) is 45.3 Å². The van der Waals surface area contributed by atoms with Crippen LogP contribution in [0.3, 0.4) is 0 Å². The summed E-state index contributed by atoms with van der Waals surface area (Å²) in [4.78, 5) is 1.38. The standard InChI is InChI=1S/C14H18BrN3S/c1-2-18-13-5-3-4-12(11(13)9-17-18)16-8-10-6-7-14(15)19-10/h6-7,9,12,16H,2-5,8H2,1H3/t12-/m0/s1. The number of aryl methyl sites for hydroxylation is 1. The molecule has 2 aromatic rings. The number of hydrogen-bond donors (Lipinski definition) is 1. The van der Waals surface area contributed by atoms with Crippen LogP contribution in [0.5, 0.6) is 0 Å². The zero-order valence-electron chi connectivity index (χ0n) is 11.0. The highest BCUT2D eigenvalue weighted by Crippen LogP contribution is 2.30. The van der Waals surface area contributed by atoms with Gasteiger partial charge < -0.3 is 5.32 Å². The Morgan fingerprint density at radius 1 is 1.53 bits per heavy atom. The molecular formula is C14H18BrN3S. The molecule has 0 spiro atoms. The van der Waals surface area contributed by atoms with Crippen molar-refractivity contribution in [2.75, 3.05) is 0 Å². The minimum Gasteiger partial charge on any atom is -0.305 e. The van der Waals surface area contributed by atoms with Gasteiger partial charge in [0.15, 0.2) is 0 Å². The Kier molecular flexibility index (Phi) is 4.05. The van der Waals surface area contributed by atoms with Crippen molar-refractivity contribution in [2.24, 2.45) is 0 Å². The van der Waals surface area contributed by atoms with Crippen LogP contribution in [0.2, 0.25) is 0 Å². The van der Waals surface area contributed by atoms with E-state index < -0.39 is 0 Å². The molecule has 5 heteroatoms. The maximum absolute atomic E-state index is 4.50. The Bertz CT molecular complexity index is 561. The summed E-state index contributed by atoms with van der Waals surface area (Å²) in [5, 5.41) is 8.18. The van der Waals surface area contributed by atoms with Crippen molar-refractivity contribution >= 4 is 27.3 Å². The van der Waals surface area contributed by atoms with Gasteiger partial charge in [-0.05, 0) is 54.2 Å². The number of nitrogens with zero attached hydrogens (tertiary/aromatic N) is 2. The first-order valence-electron chi connectivity index (χ1n) is 6.80. The molecule has 0 fully saturated rings. The van der Waals surface area contributed by atoms with E-state index in [2.05, 4.69) is 56.3 Å². The minimum atomic E-state index is 0.463. The summed E-state index contributed by atoms with van der Waals surface area (Å²) in [7, 11) is 0. The summed E-state index contributed by atoms with van der Waals surface area (Å²) in [6.45, 7) is 4.07. The van der Waals surface area contributed by atoms with Crippen molar-refractivity contribution in [1.82, 2.24) is 15.1 Å². The fourth-order valence-electron chi connectivity index (χ4n) is 2.77. The largest absolute Gasteiger partial charge is 0.305 e. The molecule has 1 N–H and O–H groups in total. The number of hydrogen-bond acceptors (Lipinski definition) is 3. The zero-order chi connectivity index (χ0) is 13.2. The maximum Gasteiger partial charge on any atom is 0.0701 e. The van der Waals surface area contributed by atoms with Crippen LogP contribution in [0.4, 0.5) is 0 Å². The zero-order valence-corrected chi connectivity index (χ0v) is 13.4. The van der Waals surface area contributed by atoms with Gasteiger partial charge in [0, 0.05) is 35.3 Å². The van der Waals surface area contributed by atoms with E-state index in [1.54, 1.807) is 11.3 Å². The molecule has 0 amide bonds. The highest BCUT2D eigenvalue weighted by Gasteiger charge is 2.23. The highest BCUT2D eigenvalue weighted by atomic mass is 79.9. The number of nitrogens with one attached hydrogen (secondary N) is 1. The van der Waals surface area contributed by atoms with Crippen LogP contribution in [0, 0.1) is 0 Å².